The lowest BCUT2D eigenvalue weighted by atomic mass is 10.1. The molecule has 6 heteroatoms. The second-order valence-electron chi connectivity index (χ2n) is 6.83. The van der Waals surface area contributed by atoms with Crippen molar-refractivity contribution in [2.45, 2.75) is 6.42 Å². The maximum Gasteiger partial charge on any atom is 0.130 e. The van der Waals surface area contributed by atoms with Crippen LogP contribution in [0.3, 0.4) is 0 Å². The molecule has 0 amide bonds. The SMILES string of the molecule is N#CCCN1CCN(c2cc3cccnc3c(-c3cccc(C#N)c3)n2)CC1. The number of fused-ring (bicyclic) bond motifs is 1. The van der Waals surface area contributed by atoms with E-state index in [0.717, 1.165) is 60.7 Å². The molecule has 0 bridgehead atoms. The zero-order valence-corrected chi connectivity index (χ0v) is 15.5. The third kappa shape index (κ3) is 3.64. The minimum Gasteiger partial charge on any atom is -0.354 e. The Labute approximate surface area is 164 Å². The number of piperazine rings is 1. The molecule has 1 aliphatic heterocycles. The van der Waals surface area contributed by atoms with E-state index < -0.39 is 0 Å². The Balaban J connectivity index is 1.69. The van der Waals surface area contributed by atoms with Crippen molar-refractivity contribution in [3.05, 3.63) is 54.2 Å². The van der Waals surface area contributed by atoms with Crippen LogP contribution in [-0.2, 0) is 0 Å². The smallest absolute Gasteiger partial charge is 0.130 e. The van der Waals surface area contributed by atoms with Crippen LogP contribution >= 0.6 is 0 Å². The molecule has 0 N–H and O–H groups in total. The molecule has 6 nitrogen and oxygen atoms in total. The summed E-state index contributed by atoms with van der Waals surface area (Å²) in [6.45, 7) is 4.43. The second kappa shape index (κ2) is 8.04. The highest BCUT2D eigenvalue weighted by Crippen LogP contribution is 2.30. The van der Waals surface area contributed by atoms with E-state index in [4.69, 9.17) is 10.2 Å². The van der Waals surface area contributed by atoms with Gasteiger partial charge in [0.25, 0.3) is 0 Å². The van der Waals surface area contributed by atoms with Crippen LogP contribution < -0.4 is 4.90 Å². The molecule has 0 saturated carbocycles. The molecule has 1 aliphatic rings. The Morgan fingerprint density at radius 1 is 1.00 bits per heavy atom. The van der Waals surface area contributed by atoms with Crippen LogP contribution in [0.1, 0.15) is 12.0 Å². The molecule has 0 spiro atoms. The van der Waals surface area contributed by atoms with Crippen molar-refractivity contribution < 1.29 is 0 Å². The summed E-state index contributed by atoms with van der Waals surface area (Å²) in [4.78, 5) is 14.1. The number of hydrogen-bond donors (Lipinski definition) is 0. The fourth-order valence-corrected chi connectivity index (χ4v) is 3.58. The van der Waals surface area contributed by atoms with Crippen LogP contribution in [0.15, 0.2) is 48.7 Å². The molecule has 1 saturated heterocycles. The van der Waals surface area contributed by atoms with Gasteiger partial charge in [-0.3, -0.25) is 9.88 Å². The lowest BCUT2D eigenvalue weighted by molar-refractivity contribution is 0.263. The Morgan fingerprint density at radius 3 is 2.64 bits per heavy atom. The van der Waals surface area contributed by atoms with E-state index in [1.165, 1.54) is 0 Å². The third-order valence-corrected chi connectivity index (χ3v) is 5.08. The fraction of sp³-hybridized carbons (Fsp3) is 0.273. The van der Waals surface area contributed by atoms with E-state index in [-0.39, 0.29) is 0 Å². The molecular formula is C22H20N6. The molecule has 4 rings (SSSR count). The number of pyridine rings is 2. The first-order valence-corrected chi connectivity index (χ1v) is 9.39. The summed E-state index contributed by atoms with van der Waals surface area (Å²) < 4.78 is 0. The Kier molecular flexibility index (Phi) is 5.14. The zero-order chi connectivity index (χ0) is 19.3. The van der Waals surface area contributed by atoms with Gasteiger partial charge >= 0.3 is 0 Å². The van der Waals surface area contributed by atoms with E-state index in [9.17, 15) is 5.26 Å². The van der Waals surface area contributed by atoms with Crippen molar-refractivity contribution in [3.8, 4) is 23.4 Å². The van der Waals surface area contributed by atoms with Gasteiger partial charge in [-0.2, -0.15) is 10.5 Å². The van der Waals surface area contributed by atoms with Crippen molar-refractivity contribution in [1.82, 2.24) is 14.9 Å². The van der Waals surface area contributed by atoms with Crippen molar-refractivity contribution in [3.63, 3.8) is 0 Å². The number of nitriles is 2. The van der Waals surface area contributed by atoms with Crippen molar-refractivity contribution in [2.75, 3.05) is 37.6 Å². The van der Waals surface area contributed by atoms with E-state index in [0.29, 0.717) is 12.0 Å². The molecule has 1 aromatic carbocycles. The van der Waals surface area contributed by atoms with Crippen LogP contribution in [0.5, 0.6) is 0 Å². The molecule has 28 heavy (non-hydrogen) atoms. The topological polar surface area (TPSA) is 79.8 Å². The Bertz CT molecular complexity index is 1070. The van der Waals surface area contributed by atoms with Crippen LogP contribution in [0.4, 0.5) is 5.82 Å². The number of benzene rings is 1. The average Bonchev–Trinajstić information content (AvgIpc) is 2.77. The summed E-state index contributed by atoms with van der Waals surface area (Å²) in [6, 6.07) is 18.0. The van der Waals surface area contributed by atoms with E-state index in [1.807, 2.05) is 30.3 Å². The number of rotatable bonds is 4. The standard InChI is InChI=1S/C22H20N6/c23-7-3-9-27-10-12-28(13-11-27)20-15-19-6-2-8-25-21(19)22(26-20)18-5-1-4-17(14-18)16-24/h1-2,4-6,8,14-15H,3,9-13H2. The number of hydrogen-bond acceptors (Lipinski definition) is 6. The van der Waals surface area contributed by atoms with Gasteiger partial charge in [0.2, 0.25) is 0 Å². The quantitative estimate of drug-likeness (QED) is 0.703. The first kappa shape index (κ1) is 17.9. The first-order valence-electron chi connectivity index (χ1n) is 9.39. The second-order valence-corrected chi connectivity index (χ2v) is 6.83. The molecular weight excluding hydrogens is 348 g/mol. The van der Waals surface area contributed by atoms with E-state index in [1.54, 1.807) is 12.3 Å². The molecule has 2 aromatic heterocycles. The highest BCUT2D eigenvalue weighted by atomic mass is 15.3. The van der Waals surface area contributed by atoms with Gasteiger partial charge in [0.1, 0.15) is 5.82 Å². The van der Waals surface area contributed by atoms with Crippen LogP contribution in [-0.4, -0.2) is 47.6 Å². The predicted molar refractivity (Wildman–Crippen MR) is 109 cm³/mol. The molecule has 0 atom stereocenters. The molecule has 3 aromatic rings. The molecule has 1 fully saturated rings. The normalized spacial score (nSPS) is 14.6. The number of nitrogens with zero attached hydrogens (tertiary/aromatic N) is 6. The van der Waals surface area contributed by atoms with Gasteiger partial charge in [0, 0.05) is 56.3 Å². The summed E-state index contributed by atoms with van der Waals surface area (Å²) in [5, 5.41) is 19.1. The number of anilines is 1. The summed E-state index contributed by atoms with van der Waals surface area (Å²) in [6.07, 6.45) is 2.34. The summed E-state index contributed by atoms with van der Waals surface area (Å²) in [7, 11) is 0. The predicted octanol–water partition coefficient (Wildman–Crippen LogP) is 3.20. The van der Waals surface area contributed by atoms with Crippen LogP contribution in [0.25, 0.3) is 22.2 Å². The van der Waals surface area contributed by atoms with Gasteiger partial charge in [0.05, 0.1) is 28.9 Å². The lowest BCUT2D eigenvalue weighted by Crippen LogP contribution is -2.46. The van der Waals surface area contributed by atoms with Gasteiger partial charge in [-0.1, -0.05) is 18.2 Å². The average molecular weight is 368 g/mol. The van der Waals surface area contributed by atoms with Gasteiger partial charge in [-0.25, -0.2) is 4.98 Å². The lowest BCUT2D eigenvalue weighted by Gasteiger charge is -2.35. The molecule has 3 heterocycles. The maximum atomic E-state index is 9.25. The van der Waals surface area contributed by atoms with Gasteiger partial charge in [0.15, 0.2) is 0 Å². The first-order chi connectivity index (χ1) is 13.8. The minimum atomic E-state index is 0.569. The highest BCUT2D eigenvalue weighted by molar-refractivity contribution is 5.93. The molecule has 138 valence electrons. The molecule has 0 radical (unpaired) electrons. The highest BCUT2D eigenvalue weighted by Gasteiger charge is 2.19. The summed E-state index contributed by atoms with van der Waals surface area (Å²) >= 11 is 0. The minimum absolute atomic E-state index is 0.569. The van der Waals surface area contributed by atoms with Gasteiger partial charge in [-0.15, -0.1) is 0 Å². The van der Waals surface area contributed by atoms with Crippen LogP contribution in [0, 0.1) is 22.7 Å². The summed E-state index contributed by atoms with van der Waals surface area (Å²) in [5.74, 6) is 0.929. The van der Waals surface area contributed by atoms with E-state index in [2.05, 4.69) is 33.0 Å². The van der Waals surface area contributed by atoms with Crippen molar-refractivity contribution >= 4 is 16.7 Å². The largest absolute Gasteiger partial charge is 0.354 e. The Hall–Kier alpha value is -3.48. The van der Waals surface area contributed by atoms with Crippen molar-refractivity contribution in [1.29, 1.82) is 10.5 Å². The fourth-order valence-electron chi connectivity index (χ4n) is 3.58. The van der Waals surface area contributed by atoms with Crippen LogP contribution in [0.2, 0.25) is 0 Å². The summed E-state index contributed by atoms with van der Waals surface area (Å²) in [5.41, 5.74) is 3.16. The number of aromatic nitrogens is 2. The zero-order valence-electron chi connectivity index (χ0n) is 15.5. The maximum absolute atomic E-state index is 9.25. The third-order valence-electron chi connectivity index (χ3n) is 5.08. The van der Waals surface area contributed by atoms with E-state index >= 15 is 0 Å². The Morgan fingerprint density at radius 2 is 1.86 bits per heavy atom. The van der Waals surface area contributed by atoms with Gasteiger partial charge in [-0.05, 0) is 24.3 Å². The molecule has 0 unspecified atom stereocenters. The monoisotopic (exact) mass is 368 g/mol. The van der Waals surface area contributed by atoms with Gasteiger partial charge < -0.3 is 4.90 Å². The van der Waals surface area contributed by atoms with Crippen molar-refractivity contribution in [2.24, 2.45) is 0 Å². The molecule has 0 aliphatic carbocycles.